The molecule has 13 rings (SSSR count). The average Bonchev–Trinajstić information content (AvgIpc) is 1.59. The highest BCUT2D eigenvalue weighted by Crippen LogP contribution is 2.45. The van der Waals surface area contributed by atoms with Gasteiger partial charge in [-0.2, -0.15) is 0 Å². The minimum atomic E-state index is -0.343. The fourth-order valence-corrected chi connectivity index (χ4v) is 15.4. The first-order chi connectivity index (χ1) is 42.5. The molecule has 0 saturated carbocycles. The van der Waals surface area contributed by atoms with Crippen molar-refractivity contribution in [3.05, 3.63) is 190 Å². The van der Waals surface area contributed by atoms with E-state index < -0.39 is 0 Å². The second-order valence-electron chi connectivity index (χ2n) is 29.3. The van der Waals surface area contributed by atoms with Crippen molar-refractivity contribution in [3.8, 4) is 42.3 Å². The summed E-state index contributed by atoms with van der Waals surface area (Å²) >= 11 is 3.41. The van der Waals surface area contributed by atoms with E-state index in [0.717, 1.165) is 59.6 Å². The Morgan fingerprint density at radius 2 is 0.775 bits per heavy atom. The molecule has 7 aromatic carbocycles. The van der Waals surface area contributed by atoms with E-state index in [0.29, 0.717) is 17.8 Å². The average molecular weight is 1210 g/mol. The van der Waals surface area contributed by atoms with Crippen LogP contribution in [0.4, 0.5) is 0 Å². The molecule has 0 atom stereocenters. The summed E-state index contributed by atoms with van der Waals surface area (Å²) in [5, 5.41) is 9.46. The van der Waals surface area contributed by atoms with Gasteiger partial charge in [0.05, 0.1) is 45.3 Å². The van der Waals surface area contributed by atoms with Crippen molar-refractivity contribution in [1.82, 2.24) is 13.7 Å². The quantitative estimate of drug-likeness (QED) is 0.0674. The molecular formula is C81H87N3O3S2. The molecule has 0 saturated heterocycles. The summed E-state index contributed by atoms with van der Waals surface area (Å²) in [7, 11) is 0. The normalized spacial score (nSPS) is 12.9. The molecule has 6 heterocycles. The van der Waals surface area contributed by atoms with E-state index in [1.807, 2.05) is 24.3 Å². The zero-order valence-corrected chi connectivity index (χ0v) is 56.3. The Bertz CT molecular complexity index is 4540. The molecule has 0 unspecified atom stereocenters. The lowest BCUT2D eigenvalue weighted by Crippen LogP contribution is -2.10. The summed E-state index contributed by atoms with van der Waals surface area (Å²) in [6.45, 7) is 30.6. The molecule has 8 heteroatoms. The fourth-order valence-electron chi connectivity index (χ4n) is 13.3. The summed E-state index contributed by atoms with van der Waals surface area (Å²) in [5.41, 5.74) is 15.4. The molecule has 0 fully saturated rings. The van der Waals surface area contributed by atoms with Gasteiger partial charge in [0.2, 0.25) is 0 Å². The van der Waals surface area contributed by atoms with Gasteiger partial charge in [-0.3, -0.25) is 0 Å². The topological polar surface area (TPSA) is 54.2 Å². The van der Waals surface area contributed by atoms with E-state index in [1.54, 1.807) is 22.7 Å². The van der Waals surface area contributed by atoms with Crippen molar-refractivity contribution in [2.24, 2.45) is 0 Å². The van der Waals surface area contributed by atoms with Crippen molar-refractivity contribution in [3.63, 3.8) is 0 Å². The smallest absolute Gasteiger partial charge is 0.345 e. The Hall–Kier alpha value is -7.65. The largest absolute Gasteiger partial charge is 0.493 e. The lowest BCUT2D eigenvalue weighted by atomic mass is 9.85. The molecule has 0 aliphatic heterocycles. The highest BCUT2D eigenvalue weighted by molar-refractivity contribution is 7.24. The number of rotatable bonds is 17. The van der Waals surface area contributed by atoms with Crippen molar-refractivity contribution < 1.29 is 9.15 Å². The first-order valence-electron chi connectivity index (χ1n) is 32.7. The van der Waals surface area contributed by atoms with E-state index in [4.69, 9.17) is 9.15 Å². The van der Waals surface area contributed by atoms with E-state index in [-0.39, 0.29) is 27.3 Å². The third-order valence-electron chi connectivity index (χ3n) is 18.6. The summed E-state index contributed by atoms with van der Waals surface area (Å²) in [5.74, 6) is 0.737. The van der Waals surface area contributed by atoms with Gasteiger partial charge in [-0.15, -0.1) is 22.7 Å². The molecule has 89 heavy (non-hydrogen) atoms. The van der Waals surface area contributed by atoms with E-state index in [9.17, 15) is 4.79 Å². The van der Waals surface area contributed by atoms with Crippen LogP contribution in [0.3, 0.4) is 0 Å². The number of hydrogen-bond acceptors (Lipinski definition) is 5. The lowest BCUT2D eigenvalue weighted by molar-refractivity contribution is 0.304. The predicted octanol–water partition coefficient (Wildman–Crippen LogP) is 24.0. The number of ether oxygens (including phenoxy) is 1. The highest BCUT2D eigenvalue weighted by Gasteiger charge is 2.26. The second kappa shape index (κ2) is 23.3. The van der Waals surface area contributed by atoms with Gasteiger partial charge in [-0.25, -0.2) is 4.79 Å². The number of fused-ring (bicyclic) bond motifs is 10. The maximum absolute atomic E-state index is 13.8. The Morgan fingerprint density at radius 1 is 0.382 bits per heavy atom. The molecule has 0 bridgehead atoms. The van der Waals surface area contributed by atoms with Gasteiger partial charge in [0.1, 0.15) is 16.3 Å². The van der Waals surface area contributed by atoms with Gasteiger partial charge in [-0.05, 0) is 178 Å². The van der Waals surface area contributed by atoms with Crippen LogP contribution in [-0.2, 0) is 21.7 Å². The van der Waals surface area contributed by atoms with Crippen LogP contribution in [0.1, 0.15) is 176 Å². The van der Waals surface area contributed by atoms with Crippen LogP contribution in [0.2, 0.25) is 0 Å². The van der Waals surface area contributed by atoms with Gasteiger partial charge < -0.3 is 22.9 Å². The molecule has 0 aliphatic carbocycles. The van der Waals surface area contributed by atoms with Crippen LogP contribution in [-0.4, -0.2) is 20.3 Å². The first kappa shape index (κ1) is 60.3. The van der Waals surface area contributed by atoms with Crippen LogP contribution in [0.5, 0.6) is 5.75 Å². The number of aromatic nitrogens is 3. The zero-order chi connectivity index (χ0) is 62.3. The number of nitrogens with zero attached hydrogens (tertiary/aromatic N) is 3. The SMILES string of the molecule is CCCCCCCCCCCCOc1ccc2cc(-c3ccc(-c4ccc(-n5c6ccc(-n7c8ccc(C(C)(C)C)cc8c8cc(C(C)(C)C)ccc87)cc6c6cc(-n7c8ccc(C(C)(C)C)cc8c8cc(C(C)(C)C)ccc87)ccc65)s4)s3)c(=O)oc2c1. The van der Waals surface area contributed by atoms with Gasteiger partial charge in [-0.1, -0.05) is 172 Å². The number of unbranched alkanes of at least 4 members (excludes halogenated alkanes) is 9. The molecule has 0 amide bonds. The van der Waals surface area contributed by atoms with Gasteiger partial charge >= 0.3 is 5.63 Å². The number of hydrogen-bond donors (Lipinski definition) is 0. The molecule has 0 N–H and O–H groups in total. The maximum Gasteiger partial charge on any atom is 0.345 e. The second-order valence-corrected chi connectivity index (χ2v) is 31.5. The van der Waals surface area contributed by atoms with Crippen molar-refractivity contribution in [1.29, 1.82) is 0 Å². The molecule has 6 nitrogen and oxygen atoms in total. The highest BCUT2D eigenvalue weighted by atomic mass is 32.1. The van der Waals surface area contributed by atoms with Crippen molar-refractivity contribution >= 4 is 99.1 Å². The molecule has 0 aliphatic rings. The Balaban J connectivity index is 0.889. The van der Waals surface area contributed by atoms with E-state index in [2.05, 4.69) is 237 Å². The van der Waals surface area contributed by atoms with Gasteiger partial charge in [0.25, 0.3) is 0 Å². The Kier molecular flexibility index (Phi) is 15.8. The van der Waals surface area contributed by atoms with Crippen LogP contribution < -0.4 is 10.4 Å². The van der Waals surface area contributed by atoms with E-state index >= 15 is 0 Å². The minimum Gasteiger partial charge on any atom is -0.493 e. The molecule has 0 radical (unpaired) electrons. The minimum absolute atomic E-state index is 0.00289. The molecular weight excluding hydrogens is 1130 g/mol. The Morgan fingerprint density at radius 3 is 1.24 bits per heavy atom. The number of benzene rings is 7. The predicted molar refractivity (Wildman–Crippen MR) is 384 cm³/mol. The van der Waals surface area contributed by atoms with E-state index in [1.165, 1.54) is 134 Å². The standard InChI is InChI=1S/C81H87N3O3S2/c1-14-15-16-17-18-19-20-21-22-23-42-86-58-31-24-51-43-65(77(85)87-72(51)50-58)73-38-39-74(88-73)75-40-41-76(89-75)84-70-36-29-56(82-66-32-25-52(78(2,3)4)44-59(66)60-45-53(79(5,6)7)26-33-67(60)82)48-63(70)64-49-57(30-37-71(64)84)83-68-34-27-54(80(8,9)10)46-61(68)62-47-55(81(11,12)13)28-35-69(62)83/h24-41,43-50H,14-23,42H2,1-13H3. The molecule has 0 spiro atoms. The van der Waals surface area contributed by atoms with Gasteiger partial charge in [0.15, 0.2) is 0 Å². The number of thiophene rings is 2. The van der Waals surface area contributed by atoms with Crippen LogP contribution in [0, 0.1) is 0 Å². The monoisotopic (exact) mass is 1210 g/mol. The van der Waals surface area contributed by atoms with Crippen LogP contribution in [0.25, 0.3) is 113 Å². The van der Waals surface area contributed by atoms with Crippen LogP contribution in [0.15, 0.2) is 167 Å². The Labute approximate surface area is 533 Å². The summed E-state index contributed by atoms with van der Waals surface area (Å²) in [4.78, 5) is 16.9. The fraction of sp³-hybridized carbons (Fsp3) is 0.346. The molecule has 13 aromatic rings. The van der Waals surface area contributed by atoms with Crippen molar-refractivity contribution in [2.75, 3.05) is 6.61 Å². The molecule has 6 aromatic heterocycles. The lowest BCUT2D eigenvalue weighted by Gasteiger charge is -2.19. The maximum atomic E-state index is 13.8. The van der Waals surface area contributed by atoms with Gasteiger partial charge in [0, 0.05) is 69.8 Å². The third-order valence-corrected chi connectivity index (χ3v) is 21.0. The zero-order valence-electron chi connectivity index (χ0n) is 54.7. The summed E-state index contributed by atoms with van der Waals surface area (Å²) < 4.78 is 19.6. The third kappa shape index (κ3) is 11.6. The summed E-state index contributed by atoms with van der Waals surface area (Å²) in [6.07, 6.45) is 12.8. The van der Waals surface area contributed by atoms with Crippen molar-refractivity contribution in [2.45, 2.75) is 176 Å². The molecule has 456 valence electrons. The summed E-state index contributed by atoms with van der Waals surface area (Å²) in [6, 6.07) is 59.2. The van der Waals surface area contributed by atoms with Crippen LogP contribution >= 0.6 is 22.7 Å². The first-order valence-corrected chi connectivity index (χ1v) is 34.3.